The molecule has 70 valence electrons. The van der Waals surface area contributed by atoms with Crippen molar-refractivity contribution in [2.45, 2.75) is 31.5 Å². The summed E-state index contributed by atoms with van der Waals surface area (Å²) in [7, 11) is 0. The topological polar surface area (TPSA) is 80.6 Å². The van der Waals surface area contributed by atoms with Crippen LogP contribution in [0.2, 0.25) is 0 Å². The zero-order chi connectivity index (χ0) is 9.56. The van der Waals surface area contributed by atoms with Gasteiger partial charge in [0.15, 0.2) is 0 Å². The number of aliphatic carboxylic acids is 1. The molecule has 0 aliphatic rings. The fraction of sp³-hybridized carbons (Fsp3) is 0.625. The summed E-state index contributed by atoms with van der Waals surface area (Å²) < 4.78 is 0. The molecular formula is C8H13NaO4. The molecule has 2 unspecified atom stereocenters. The van der Waals surface area contributed by atoms with Gasteiger partial charge in [0.05, 0.1) is 12.2 Å². The van der Waals surface area contributed by atoms with Gasteiger partial charge in [0.2, 0.25) is 0 Å². The van der Waals surface area contributed by atoms with Crippen LogP contribution < -0.4 is 34.7 Å². The average molecular weight is 196 g/mol. The van der Waals surface area contributed by atoms with Crippen molar-refractivity contribution >= 4 is 5.97 Å². The molecule has 0 amide bonds. The Morgan fingerprint density at radius 2 is 2.08 bits per heavy atom. The van der Waals surface area contributed by atoms with E-state index in [1.54, 1.807) is 0 Å². The number of hydrogen-bond donors (Lipinski definition) is 2. The van der Waals surface area contributed by atoms with Crippen LogP contribution in [-0.2, 0) is 4.79 Å². The van der Waals surface area contributed by atoms with Gasteiger partial charge in [-0.25, -0.2) is 0 Å². The van der Waals surface area contributed by atoms with Crippen molar-refractivity contribution in [1.29, 1.82) is 0 Å². The molecule has 0 saturated carbocycles. The maximum Gasteiger partial charge on any atom is 1.00 e. The third-order valence-corrected chi connectivity index (χ3v) is 1.47. The van der Waals surface area contributed by atoms with Crippen LogP contribution in [0.4, 0.5) is 0 Å². The van der Waals surface area contributed by atoms with Crippen LogP contribution in [0.15, 0.2) is 12.7 Å². The van der Waals surface area contributed by atoms with Crippen LogP contribution in [0.3, 0.4) is 0 Å². The van der Waals surface area contributed by atoms with Crippen LogP contribution in [0, 0.1) is 0 Å². The normalized spacial score (nSPS) is 14.0. The quantitative estimate of drug-likeness (QED) is 0.333. The molecular weight excluding hydrogens is 183 g/mol. The Kier molecular flexibility index (Phi) is 10.5. The van der Waals surface area contributed by atoms with E-state index in [1.165, 1.54) is 6.08 Å². The van der Waals surface area contributed by atoms with Gasteiger partial charge in [0.25, 0.3) is 0 Å². The molecule has 0 aromatic rings. The molecule has 0 spiro atoms. The maximum atomic E-state index is 9.95. The van der Waals surface area contributed by atoms with Gasteiger partial charge in [-0.3, -0.25) is 0 Å². The molecule has 4 nitrogen and oxygen atoms in total. The second-order valence-electron chi connectivity index (χ2n) is 2.60. The summed E-state index contributed by atoms with van der Waals surface area (Å²) in [5.41, 5.74) is 0. The number of carbonyl (C=O) groups is 1. The van der Waals surface area contributed by atoms with Crippen molar-refractivity contribution in [1.82, 2.24) is 0 Å². The van der Waals surface area contributed by atoms with Crippen LogP contribution in [0.25, 0.3) is 0 Å². The van der Waals surface area contributed by atoms with Gasteiger partial charge >= 0.3 is 29.6 Å². The number of carbonyl (C=O) groups excluding carboxylic acids is 1. The van der Waals surface area contributed by atoms with Crippen molar-refractivity contribution in [2.24, 2.45) is 0 Å². The molecule has 0 aromatic heterocycles. The fourth-order valence-corrected chi connectivity index (χ4v) is 0.777. The van der Waals surface area contributed by atoms with E-state index in [1.807, 2.05) is 0 Å². The minimum absolute atomic E-state index is 0. The van der Waals surface area contributed by atoms with Crippen molar-refractivity contribution in [3.8, 4) is 0 Å². The molecule has 0 radical (unpaired) electrons. The van der Waals surface area contributed by atoms with Crippen LogP contribution in [0.1, 0.15) is 19.3 Å². The number of carboxylic acids is 1. The molecule has 13 heavy (non-hydrogen) atoms. The Labute approximate surface area is 99.6 Å². The predicted molar refractivity (Wildman–Crippen MR) is 41.1 cm³/mol. The van der Waals surface area contributed by atoms with Crippen molar-refractivity contribution in [3.63, 3.8) is 0 Å². The summed E-state index contributed by atoms with van der Waals surface area (Å²) >= 11 is 0. The van der Waals surface area contributed by atoms with Gasteiger partial charge in [0, 0.05) is 12.4 Å². The molecule has 2 atom stereocenters. The smallest absolute Gasteiger partial charge is 0.550 e. The SMILES string of the molecule is C=CC(O)CC(O)CCC(=O)[O-].[Na+]. The number of hydrogen-bond acceptors (Lipinski definition) is 4. The molecule has 0 rings (SSSR count). The van der Waals surface area contributed by atoms with Crippen molar-refractivity contribution in [2.75, 3.05) is 0 Å². The van der Waals surface area contributed by atoms with Crippen LogP contribution in [0.5, 0.6) is 0 Å². The van der Waals surface area contributed by atoms with Crippen molar-refractivity contribution in [3.05, 3.63) is 12.7 Å². The van der Waals surface area contributed by atoms with Gasteiger partial charge in [-0.15, -0.1) is 6.58 Å². The maximum absolute atomic E-state index is 9.95. The molecule has 2 N–H and O–H groups in total. The third kappa shape index (κ3) is 10.0. The van der Waals surface area contributed by atoms with Gasteiger partial charge in [0.1, 0.15) is 0 Å². The molecule has 0 heterocycles. The van der Waals surface area contributed by atoms with E-state index in [-0.39, 0.29) is 48.8 Å². The van der Waals surface area contributed by atoms with E-state index in [9.17, 15) is 9.90 Å². The molecule has 5 heteroatoms. The zero-order valence-electron chi connectivity index (χ0n) is 7.77. The van der Waals surface area contributed by atoms with Gasteiger partial charge < -0.3 is 20.1 Å². The van der Waals surface area contributed by atoms with Crippen LogP contribution >= 0.6 is 0 Å². The number of aliphatic hydroxyl groups is 2. The van der Waals surface area contributed by atoms with E-state index >= 15 is 0 Å². The Hall–Kier alpha value is 0.130. The van der Waals surface area contributed by atoms with E-state index in [0.29, 0.717) is 0 Å². The number of aliphatic hydroxyl groups excluding tert-OH is 2. The average Bonchev–Trinajstić information content (AvgIpc) is 2.00. The first-order valence-corrected chi connectivity index (χ1v) is 3.74. The molecule has 0 aromatic carbocycles. The second-order valence-corrected chi connectivity index (χ2v) is 2.60. The molecule has 0 bridgehead atoms. The summed E-state index contributed by atoms with van der Waals surface area (Å²) in [6.07, 6.45) is -0.255. The molecule has 0 saturated heterocycles. The van der Waals surface area contributed by atoms with E-state index in [0.717, 1.165) is 0 Å². The summed E-state index contributed by atoms with van der Waals surface area (Å²) in [4.78, 5) is 9.95. The first-order chi connectivity index (χ1) is 5.56. The Balaban J connectivity index is 0. The van der Waals surface area contributed by atoms with Gasteiger partial charge in [-0.1, -0.05) is 6.08 Å². The van der Waals surface area contributed by atoms with Gasteiger partial charge in [-0.2, -0.15) is 0 Å². The number of carboxylic acid groups (broad SMARTS) is 1. The first-order valence-electron chi connectivity index (χ1n) is 3.74. The molecule has 0 aliphatic carbocycles. The Morgan fingerprint density at radius 3 is 2.46 bits per heavy atom. The summed E-state index contributed by atoms with van der Waals surface area (Å²) in [5.74, 6) is -1.19. The summed E-state index contributed by atoms with van der Waals surface area (Å²) in [5, 5.41) is 28.0. The van der Waals surface area contributed by atoms with Gasteiger partial charge in [-0.05, 0) is 12.8 Å². The minimum atomic E-state index is -1.19. The van der Waals surface area contributed by atoms with Crippen molar-refractivity contribution < 1.29 is 49.7 Å². The van der Waals surface area contributed by atoms with E-state index in [2.05, 4.69) is 6.58 Å². The first kappa shape index (κ1) is 15.6. The Morgan fingerprint density at radius 1 is 1.54 bits per heavy atom. The minimum Gasteiger partial charge on any atom is -0.550 e. The second kappa shape index (κ2) is 8.72. The fourth-order valence-electron chi connectivity index (χ4n) is 0.777. The predicted octanol–water partition coefficient (Wildman–Crippen LogP) is -4.18. The molecule has 0 aliphatic heterocycles. The van der Waals surface area contributed by atoms with E-state index in [4.69, 9.17) is 10.2 Å². The largest absolute Gasteiger partial charge is 1.00 e. The molecule has 0 fully saturated rings. The van der Waals surface area contributed by atoms with E-state index < -0.39 is 18.2 Å². The van der Waals surface area contributed by atoms with Crippen LogP contribution in [-0.4, -0.2) is 28.4 Å². The summed E-state index contributed by atoms with van der Waals surface area (Å²) in [6.45, 7) is 3.32. The standard InChI is InChI=1S/C8H14O4.Na/c1-2-6(9)5-7(10)3-4-8(11)12;/h2,6-7,9-10H,1,3-5H2,(H,11,12);/q;+1/p-1. The monoisotopic (exact) mass is 196 g/mol. The number of rotatable bonds is 6. The summed E-state index contributed by atoms with van der Waals surface area (Å²) in [6, 6.07) is 0. The Bertz CT molecular complexity index is 160. The zero-order valence-corrected chi connectivity index (χ0v) is 9.77. The third-order valence-electron chi connectivity index (χ3n) is 1.47.